The summed E-state index contributed by atoms with van der Waals surface area (Å²) in [5, 5.41) is 15.8. The maximum Gasteiger partial charge on any atom is 0.358 e. The van der Waals surface area contributed by atoms with Gasteiger partial charge in [0.25, 0.3) is 11.8 Å². The van der Waals surface area contributed by atoms with Crippen molar-refractivity contribution >= 4 is 57.7 Å². The van der Waals surface area contributed by atoms with Gasteiger partial charge in [-0.25, -0.2) is 9.78 Å². The van der Waals surface area contributed by atoms with E-state index in [1.807, 2.05) is 6.92 Å². The van der Waals surface area contributed by atoms with Gasteiger partial charge in [0.05, 0.1) is 6.61 Å². The van der Waals surface area contributed by atoms with Gasteiger partial charge in [0.1, 0.15) is 22.8 Å². The maximum atomic E-state index is 12.9. The van der Waals surface area contributed by atoms with Crippen LogP contribution in [0.4, 0.5) is 5.13 Å². The number of nitrogens with two attached hydrogens (primary N) is 1. The normalized spacial score (nSPS) is 19.7. The van der Waals surface area contributed by atoms with Crippen LogP contribution in [0.5, 0.6) is 0 Å². The molecule has 0 aromatic carbocycles. The molecule has 1 aromatic heterocycles. The molecule has 190 valence electrons. The second-order valence-corrected chi connectivity index (χ2v) is 9.43. The Kier molecular flexibility index (Phi) is 9.06. The zero-order valence-electron chi connectivity index (χ0n) is 19.0. The molecule has 13 nitrogen and oxygen atoms in total. The highest BCUT2D eigenvalue weighted by atomic mass is 32.2. The van der Waals surface area contributed by atoms with Gasteiger partial charge in [-0.1, -0.05) is 18.5 Å². The van der Waals surface area contributed by atoms with Crippen molar-refractivity contribution in [2.75, 3.05) is 32.0 Å². The molecular weight excluding hydrogens is 502 g/mol. The molecule has 0 radical (unpaired) electrons. The van der Waals surface area contributed by atoms with E-state index in [1.54, 1.807) is 0 Å². The molecule has 0 spiro atoms. The van der Waals surface area contributed by atoms with Crippen LogP contribution in [0.25, 0.3) is 0 Å². The van der Waals surface area contributed by atoms with Gasteiger partial charge in [-0.15, -0.1) is 23.1 Å². The number of fused-ring (bicyclic) bond motifs is 1. The molecule has 0 aliphatic carbocycles. The second kappa shape index (κ2) is 12.0. The number of thioether (sulfide) groups is 1. The quantitative estimate of drug-likeness (QED) is 0.0906. The van der Waals surface area contributed by atoms with Crippen LogP contribution < -0.4 is 11.1 Å². The molecule has 15 heteroatoms. The lowest BCUT2D eigenvalue weighted by atomic mass is 10.0. The van der Waals surface area contributed by atoms with Crippen LogP contribution in [0.1, 0.15) is 31.9 Å². The average molecular weight is 528 g/mol. The molecule has 35 heavy (non-hydrogen) atoms. The minimum atomic E-state index is -0.987. The molecule has 0 bridgehead atoms. The standard InChI is InChI=1S/C20H25N5O8S2/c1-3-4-5-12(26)32-9-33-19(29)15-10(6-31-2)7-34-18-14(17(28)25(15)18)23-16(27)13(24-30)11-8-35-20(21)22-11/h8,14,18,30H,3-7,9H2,1-2H3,(H2,21,22)(H,23,27)/t14?,18-/m1/s1. The van der Waals surface area contributed by atoms with Crippen LogP contribution in [0.2, 0.25) is 0 Å². The van der Waals surface area contributed by atoms with E-state index in [-0.39, 0.29) is 29.6 Å². The number of nitrogen functional groups attached to an aromatic ring is 1. The Morgan fingerprint density at radius 2 is 2.14 bits per heavy atom. The summed E-state index contributed by atoms with van der Waals surface area (Å²) in [5.74, 6) is -2.40. The van der Waals surface area contributed by atoms with Crippen molar-refractivity contribution < 1.29 is 38.6 Å². The van der Waals surface area contributed by atoms with E-state index in [1.165, 1.54) is 29.2 Å². The lowest BCUT2D eigenvalue weighted by molar-refractivity contribution is -0.168. The number of aromatic nitrogens is 1. The van der Waals surface area contributed by atoms with Crippen molar-refractivity contribution in [3.05, 3.63) is 22.3 Å². The first-order chi connectivity index (χ1) is 16.8. The fraction of sp³-hybridized carbons (Fsp3) is 0.500. The van der Waals surface area contributed by atoms with Crippen molar-refractivity contribution in [1.82, 2.24) is 15.2 Å². The number of carbonyl (C=O) groups excluding carboxylic acids is 4. The van der Waals surface area contributed by atoms with Crippen molar-refractivity contribution in [3.8, 4) is 0 Å². The topological polar surface area (TPSA) is 183 Å². The van der Waals surface area contributed by atoms with E-state index in [0.29, 0.717) is 17.7 Å². The molecule has 3 heterocycles. The third kappa shape index (κ3) is 5.91. The zero-order chi connectivity index (χ0) is 25.5. The highest BCUT2D eigenvalue weighted by Gasteiger charge is 2.54. The third-order valence-corrected chi connectivity index (χ3v) is 7.08. The van der Waals surface area contributed by atoms with Crippen LogP contribution in [0, 0.1) is 0 Å². The smallest absolute Gasteiger partial charge is 0.358 e. The number of rotatable bonds is 11. The number of hydrogen-bond acceptors (Lipinski definition) is 13. The summed E-state index contributed by atoms with van der Waals surface area (Å²) in [5.41, 5.74) is 5.73. The number of thiazole rings is 1. The SMILES string of the molecule is CCCCC(=O)OCOC(=O)C1=C(COC)CS[C@@H]2C(NC(=O)C(=NO)c3csc(N)n3)C(=O)N12. The Morgan fingerprint density at radius 3 is 2.77 bits per heavy atom. The molecule has 1 saturated heterocycles. The first-order valence-corrected chi connectivity index (χ1v) is 12.5. The molecule has 2 aliphatic rings. The van der Waals surface area contributed by atoms with E-state index >= 15 is 0 Å². The Bertz CT molecular complexity index is 1060. The molecule has 1 unspecified atom stereocenters. The minimum absolute atomic E-state index is 0.0148. The third-order valence-electron chi connectivity index (χ3n) is 5.07. The summed E-state index contributed by atoms with van der Waals surface area (Å²) < 4.78 is 15.1. The Hall–Kier alpha value is -3.17. The number of amides is 2. The number of ether oxygens (including phenoxy) is 3. The lowest BCUT2D eigenvalue weighted by Gasteiger charge is -2.49. The van der Waals surface area contributed by atoms with Gasteiger partial charge in [0.15, 0.2) is 10.8 Å². The first-order valence-electron chi connectivity index (χ1n) is 10.5. The number of nitrogens with one attached hydrogen (secondary N) is 1. The number of β-lactam (4-membered cyclic amide) rings is 1. The first kappa shape index (κ1) is 26.4. The molecule has 1 fully saturated rings. The van der Waals surface area contributed by atoms with Crippen LogP contribution in [0.3, 0.4) is 0 Å². The highest BCUT2D eigenvalue weighted by molar-refractivity contribution is 8.00. The molecule has 2 amide bonds. The van der Waals surface area contributed by atoms with Crippen molar-refractivity contribution in [2.45, 2.75) is 37.6 Å². The molecule has 4 N–H and O–H groups in total. The van der Waals surface area contributed by atoms with Gasteiger partial charge in [0.2, 0.25) is 6.79 Å². The molecular formula is C20H25N5O8S2. The van der Waals surface area contributed by atoms with E-state index in [4.69, 9.17) is 19.9 Å². The number of unbranched alkanes of at least 4 members (excludes halogenated alkanes) is 1. The average Bonchev–Trinajstić information content (AvgIpc) is 3.27. The molecule has 3 rings (SSSR count). The zero-order valence-corrected chi connectivity index (χ0v) is 20.6. The summed E-state index contributed by atoms with van der Waals surface area (Å²) >= 11 is 2.37. The number of nitrogens with zero attached hydrogens (tertiary/aromatic N) is 3. The Labute approximate surface area is 208 Å². The van der Waals surface area contributed by atoms with Crippen molar-refractivity contribution in [2.24, 2.45) is 5.16 Å². The van der Waals surface area contributed by atoms with E-state index < -0.39 is 47.7 Å². The molecule has 1 aromatic rings. The lowest BCUT2D eigenvalue weighted by Crippen LogP contribution is -2.71. The van der Waals surface area contributed by atoms with E-state index in [0.717, 1.165) is 17.8 Å². The number of esters is 2. The van der Waals surface area contributed by atoms with Gasteiger partial charge >= 0.3 is 11.9 Å². The van der Waals surface area contributed by atoms with Crippen LogP contribution in [-0.2, 0) is 33.4 Å². The van der Waals surface area contributed by atoms with Crippen molar-refractivity contribution in [3.63, 3.8) is 0 Å². The number of oxime groups is 1. The predicted molar refractivity (Wildman–Crippen MR) is 125 cm³/mol. The van der Waals surface area contributed by atoms with Gasteiger partial charge < -0.3 is 30.5 Å². The van der Waals surface area contributed by atoms with Crippen LogP contribution in [0.15, 0.2) is 21.8 Å². The summed E-state index contributed by atoms with van der Waals surface area (Å²) in [6, 6.07) is -0.987. The van der Waals surface area contributed by atoms with Gasteiger partial charge in [-0.3, -0.25) is 19.3 Å². The van der Waals surface area contributed by atoms with Crippen LogP contribution >= 0.6 is 23.1 Å². The predicted octanol–water partition coefficient (Wildman–Crippen LogP) is 0.438. The fourth-order valence-corrected chi connectivity index (χ4v) is 5.26. The fourth-order valence-electron chi connectivity index (χ4n) is 3.39. The number of anilines is 1. The summed E-state index contributed by atoms with van der Waals surface area (Å²) in [6.07, 6.45) is 1.69. The number of hydrogen-bond donors (Lipinski definition) is 3. The summed E-state index contributed by atoms with van der Waals surface area (Å²) in [7, 11) is 1.45. The summed E-state index contributed by atoms with van der Waals surface area (Å²) in [6.45, 7) is 1.42. The number of methoxy groups -OCH3 is 1. The minimum Gasteiger partial charge on any atom is -0.428 e. The van der Waals surface area contributed by atoms with Gasteiger partial charge in [-0.2, -0.15) is 0 Å². The van der Waals surface area contributed by atoms with Gasteiger partial charge in [0, 0.05) is 24.7 Å². The number of carbonyl (C=O) groups is 4. The van der Waals surface area contributed by atoms with Crippen molar-refractivity contribution in [1.29, 1.82) is 0 Å². The van der Waals surface area contributed by atoms with Gasteiger partial charge in [-0.05, 0) is 12.0 Å². The second-order valence-electron chi connectivity index (χ2n) is 7.44. The molecule has 2 aliphatic heterocycles. The maximum absolute atomic E-state index is 12.9. The van der Waals surface area contributed by atoms with E-state index in [9.17, 15) is 24.4 Å². The monoisotopic (exact) mass is 527 g/mol. The Morgan fingerprint density at radius 1 is 1.37 bits per heavy atom. The largest absolute Gasteiger partial charge is 0.428 e. The summed E-state index contributed by atoms with van der Waals surface area (Å²) in [4.78, 5) is 55.1. The van der Waals surface area contributed by atoms with E-state index in [2.05, 4.69) is 15.5 Å². The Balaban J connectivity index is 1.68. The van der Waals surface area contributed by atoms with Crippen LogP contribution in [-0.4, -0.2) is 82.2 Å². The molecule has 0 saturated carbocycles. The molecule has 2 atom stereocenters. The highest BCUT2D eigenvalue weighted by Crippen LogP contribution is 2.40.